The van der Waals surface area contributed by atoms with Crippen LogP contribution in [0, 0.1) is 5.92 Å². The summed E-state index contributed by atoms with van der Waals surface area (Å²) in [5.74, 6) is -0.728. The Labute approximate surface area is 115 Å². The van der Waals surface area contributed by atoms with Crippen LogP contribution in [0.15, 0.2) is 0 Å². The van der Waals surface area contributed by atoms with Gasteiger partial charge >= 0.3 is 5.97 Å². The number of nitrogens with two attached hydrogens (primary N) is 1. The van der Waals surface area contributed by atoms with Gasteiger partial charge in [-0.1, -0.05) is 6.42 Å². The van der Waals surface area contributed by atoms with Gasteiger partial charge in [0, 0.05) is 12.6 Å². The Morgan fingerprint density at radius 2 is 2.26 bits per heavy atom. The first-order chi connectivity index (χ1) is 8.93. The molecule has 19 heavy (non-hydrogen) atoms. The van der Waals surface area contributed by atoms with E-state index >= 15 is 0 Å². The van der Waals surface area contributed by atoms with Crippen LogP contribution in [0.25, 0.3) is 0 Å². The molecule has 110 valence electrons. The molecule has 2 fully saturated rings. The molecule has 4 unspecified atom stereocenters. The SMILES string of the molecule is CC1CN(CCC2CCCC2(N)C(=O)O)C(C)CO1. The van der Waals surface area contributed by atoms with E-state index in [-0.39, 0.29) is 12.0 Å². The first-order valence-corrected chi connectivity index (χ1v) is 7.31. The highest BCUT2D eigenvalue weighted by Crippen LogP contribution is 2.36. The maximum Gasteiger partial charge on any atom is 0.323 e. The van der Waals surface area contributed by atoms with Crippen molar-refractivity contribution in [3.8, 4) is 0 Å². The number of carboxylic acid groups (broad SMARTS) is 1. The lowest BCUT2D eigenvalue weighted by Gasteiger charge is -2.38. The van der Waals surface area contributed by atoms with E-state index in [1.54, 1.807) is 0 Å². The lowest BCUT2D eigenvalue weighted by Crippen LogP contribution is -2.53. The Morgan fingerprint density at radius 3 is 2.95 bits per heavy atom. The van der Waals surface area contributed by atoms with E-state index in [0.717, 1.165) is 39.0 Å². The number of hydrogen-bond acceptors (Lipinski definition) is 4. The second-order valence-corrected chi connectivity index (χ2v) is 6.21. The van der Waals surface area contributed by atoms with E-state index in [4.69, 9.17) is 10.5 Å². The van der Waals surface area contributed by atoms with E-state index < -0.39 is 11.5 Å². The fourth-order valence-electron chi connectivity index (χ4n) is 3.39. The monoisotopic (exact) mass is 270 g/mol. The Kier molecular flexibility index (Phi) is 4.48. The normalized spacial score (nSPS) is 40.5. The highest BCUT2D eigenvalue weighted by atomic mass is 16.5. The number of ether oxygens (including phenoxy) is 1. The Bertz CT molecular complexity index is 337. The third kappa shape index (κ3) is 3.09. The third-order valence-electron chi connectivity index (χ3n) is 4.77. The zero-order valence-electron chi connectivity index (χ0n) is 12.0. The summed E-state index contributed by atoms with van der Waals surface area (Å²) in [4.78, 5) is 13.7. The smallest absolute Gasteiger partial charge is 0.323 e. The summed E-state index contributed by atoms with van der Waals surface area (Å²) in [7, 11) is 0. The quantitative estimate of drug-likeness (QED) is 0.799. The molecule has 5 nitrogen and oxygen atoms in total. The molecule has 0 aromatic carbocycles. The second kappa shape index (κ2) is 5.77. The molecule has 2 aliphatic rings. The minimum Gasteiger partial charge on any atom is -0.480 e. The summed E-state index contributed by atoms with van der Waals surface area (Å²) < 4.78 is 5.61. The summed E-state index contributed by atoms with van der Waals surface area (Å²) in [6, 6.07) is 0.412. The van der Waals surface area contributed by atoms with Gasteiger partial charge in [-0.05, 0) is 45.6 Å². The number of hydrogen-bond donors (Lipinski definition) is 2. The fourth-order valence-corrected chi connectivity index (χ4v) is 3.39. The zero-order chi connectivity index (χ0) is 14.0. The molecule has 3 N–H and O–H groups in total. The lowest BCUT2D eigenvalue weighted by atomic mass is 9.85. The van der Waals surface area contributed by atoms with Crippen LogP contribution in [-0.2, 0) is 9.53 Å². The topological polar surface area (TPSA) is 75.8 Å². The van der Waals surface area contributed by atoms with Gasteiger partial charge in [0.25, 0.3) is 0 Å². The maximum atomic E-state index is 11.3. The molecule has 5 heteroatoms. The van der Waals surface area contributed by atoms with Gasteiger partial charge in [0.2, 0.25) is 0 Å². The number of rotatable bonds is 4. The first-order valence-electron chi connectivity index (χ1n) is 7.31. The molecule has 1 saturated carbocycles. The van der Waals surface area contributed by atoms with Gasteiger partial charge in [-0.2, -0.15) is 0 Å². The zero-order valence-corrected chi connectivity index (χ0v) is 12.0. The Balaban J connectivity index is 1.89. The molecular weight excluding hydrogens is 244 g/mol. The van der Waals surface area contributed by atoms with Crippen molar-refractivity contribution in [3.63, 3.8) is 0 Å². The number of aliphatic carboxylic acids is 1. The number of carbonyl (C=O) groups is 1. The number of morpholine rings is 1. The van der Waals surface area contributed by atoms with Crippen LogP contribution in [0.4, 0.5) is 0 Å². The molecule has 1 aliphatic carbocycles. The summed E-state index contributed by atoms with van der Waals surface area (Å²) in [5.41, 5.74) is 5.08. The van der Waals surface area contributed by atoms with E-state index in [0.29, 0.717) is 12.5 Å². The predicted molar refractivity (Wildman–Crippen MR) is 73.0 cm³/mol. The average molecular weight is 270 g/mol. The van der Waals surface area contributed by atoms with Crippen molar-refractivity contribution in [2.24, 2.45) is 11.7 Å². The molecule has 0 radical (unpaired) electrons. The van der Waals surface area contributed by atoms with Crippen LogP contribution in [0.3, 0.4) is 0 Å². The first kappa shape index (κ1) is 14.8. The van der Waals surface area contributed by atoms with Crippen molar-refractivity contribution >= 4 is 5.97 Å². The molecule has 1 saturated heterocycles. The third-order valence-corrected chi connectivity index (χ3v) is 4.77. The van der Waals surface area contributed by atoms with Crippen LogP contribution in [-0.4, -0.2) is 53.4 Å². The van der Waals surface area contributed by atoms with Crippen molar-refractivity contribution in [3.05, 3.63) is 0 Å². The van der Waals surface area contributed by atoms with Crippen molar-refractivity contribution in [1.29, 1.82) is 0 Å². The van der Waals surface area contributed by atoms with Crippen molar-refractivity contribution in [2.45, 2.75) is 57.2 Å². The predicted octanol–water partition coefficient (Wildman–Crippen LogP) is 1.07. The largest absolute Gasteiger partial charge is 0.480 e. The van der Waals surface area contributed by atoms with Crippen LogP contribution in [0.2, 0.25) is 0 Å². The minimum atomic E-state index is -0.999. The number of nitrogens with zero attached hydrogens (tertiary/aromatic N) is 1. The second-order valence-electron chi connectivity index (χ2n) is 6.21. The van der Waals surface area contributed by atoms with Gasteiger partial charge in [0.15, 0.2) is 0 Å². The molecule has 0 bridgehead atoms. The van der Waals surface area contributed by atoms with Gasteiger partial charge in [-0.3, -0.25) is 9.69 Å². The molecule has 2 rings (SSSR count). The molecule has 0 amide bonds. The van der Waals surface area contributed by atoms with Gasteiger partial charge in [-0.25, -0.2) is 0 Å². The maximum absolute atomic E-state index is 11.3. The fraction of sp³-hybridized carbons (Fsp3) is 0.929. The molecule has 4 atom stereocenters. The van der Waals surface area contributed by atoms with Crippen LogP contribution < -0.4 is 5.73 Å². The lowest BCUT2D eigenvalue weighted by molar-refractivity contribution is -0.145. The van der Waals surface area contributed by atoms with E-state index in [1.807, 2.05) is 0 Å². The van der Waals surface area contributed by atoms with E-state index in [9.17, 15) is 9.90 Å². The molecule has 0 spiro atoms. The molecule has 1 heterocycles. The summed E-state index contributed by atoms with van der Waals surface area (Å²) in [6.45, 7) is 6.86. The number of carboxylic acids is 1. The summed E-state index contributed by atoms with van der Waals surface area (Å²) in [5, 5.41) is 9.32. The summed E-state index contributed by atoms with van der Waals surface area (Å²) >= 11 is 0. The van der Waals surface area contributed by atoms with Gasteiger partial charge in [0.1, 0.15) is 5.54 Å². The molecule has 0 aromatic rings. The van der Waals surface area contributed by atoms with Crippen LogP contribution in [0.1, 0.15) is 39.5 Å². The molecule has 1 aliphatic heterocycles. The van der Waals surface area contributed by atoms with Crippen molar-refractivity contribution in [1.82, 2.24) is 4.90 Å². The van der Waals surface area contributed by atoms with Gasteiger partial charge in [-0.15, -0.1) is 0 Å². The molecular formula is C14H26N2O3. The standard InChI is InChI=1S/C14H26N2O3/c1-10-9-19-11(2)8-16(10)7-5-12-4-3-6-14(12,15)13(17)18/h10-12H,3-9,15H2,1-2H3,(H,17,18). The Morgan fingerprint density at radius 1 is 1.53 bits per heavy atom. The Hall–Kier alpha value is -0.650. The van der Waals surface area contributed by atoms with E-state index in [1.165, 1.54) is 0 Å². The van der Waals surface area contributed by atoms with Crippen LogP contribution >= 0.6 is 0 Å². The minimum absolute atomic E-state index is 0.107. The highest BCUT2D eigenvalue weighted by molar-refractivity contribution is 5.79. The van der Waals surface area contributed by atoms with E-state index in [2.05, 4.69) is 18.7 Å². The highest BCUT2D eigenvalue weighted by Gasteiger charge is 2.45. The van der Waals surface area contributed by atoms with Gasteiger partial charge < -0.3 is 15.6 Å². The van der Waals surface area contributed by atoms with Crippen molar-refractivity contribution in [2.75, 3.05) is 19.7 Å². The van der Waals surface area contributed by atoms with Gasteiger partial charge in [0.05, 0.1) is 12.7 Å². The average Bonchev–Trinajstić information content (AvgIpc) is 2.73. The van der Waals surface area contributed by atoms with Crippen molar-refractivity contribution < 1.29 is 14.6 Å². The van der Waals surface area contributed by atoms with Crippen LogP contribution in [0.5, 0.6) is 0 Å². The summed E-state index contributed by atoms with van der Waals surface area (Å²) in [6.07, 6.45) is 3.63. The molecule has 0 aromatic heterocycles.